The summed E-state index contributed by atoms with van der Waals surface area (Å²) in [7, 11) is 0. The SMILES string of the molecule is O=C(CNc1ccc(OCCc2ccccc2)cc1)Nc1cccc(Cl)c1Cl. The minimum absolute atomic E-state index is 0.108. The molecule has 2 N–H and O–H groups in total. The van der Waals surface area contributed by atoms with Gasteiger partial charge in [-0.15, -0.1) is 0 Å². The van der Waals surface area contributed by atoms with Gasteiger partial charge in [0, 0.05) is 12.1 Å². The van der Waals surface area contributed by atoms with Crippen molar-refractivity contribution in [2.75, 3.05) is 23.8 Å². The van der Waals surface area contributed by atoms with E-state index < -0.39 is 0 Å². The summed E-state index contributed by atoms with van der Waals surface area (Å²) in [6.07, 6.45) is 0.854. The number of rotatable bonds is 8. The second-order valence-electron chi connectivity index (χ2n) is 6.11. The first-order chi connectivity index (χ1) is 13.6. The molecular formula is C22H20Cl2N2O2. The van der Waals surface area contributed by atoms with Gasteiger partial charge in [0.2, 0.25) is 5.91 Å². The molecule has 144 valence electrons. The maximum atomic E-state index is 12.1. The zero-order valence-electron chi connectivity index (χ0n) is 15.1. The first-order valence-corrected chi connectivity index (χ1v) is 9.62. The molecule has 0 bridgehead atoms. The van der Waals surface area contributed by atoms with Crippen molar-refractivity contribution >= 4 is 40.5 Å². The first kappa shape index (κ1) is 20.1. The van der Waals surface area contributed by atoms with E-state index in [4.69, 9.17) is 27.9 Å². The number of amides is 1. The van der Waals surface area contributed by atoms with Crippen molar-refractivity contribution in [1.29, 1.82) is 0 Å². The van der Waals surface area contributed by atoms with Crippen LogP contribution in [0.1, 0.15) is 5.56 Å². The molecular weight excluding hydrogens is 395 g/mol. The van der Waals surface area contributed by atoms with Gasteiger partial charge in [-0.25, -0.2) is 0 Å². The lowest BCUT2D eigenvalue weighted by Gasteiger charge is -2.11. The molecule has 0 aliphatic heterocycles. The zero-order chi connectivity index (χ0) is 19.8. The van der Waals surface area contributed by atoms with E-state index in [0.29, 0.717) is 22.3 Å². The van der Waals surface area contributed by atoms with E-state index in [1.165, 1.54) is 5.56 Å². The predicted octanol–water partition coefficient (Wildman–Crippen LogP) is 5.67. The summed E-state index contributed by atoms with van der Waals surface area (Å²) in [6, 6.07) is 22.8. The van der Waals surface area contributed by atoms with Gasteiger partial charge in [-0.05, 0) is 42.0 Å². The van der Waals surface area contributed by atoms with Crippen molar-refractivity contribution in [3.05, 3.63) is 88.4 Å². The van der Waals surface area contributed by atoms with Crippen LogP contribution in [0, 0.1) is 0 Å². The highest BCUT2D eigenvalue weighted by atomic mass is 35.5. The third kappa shape index (κ3) is 5.91. The molecule has 4 nitrogen and oxygen atoms in total. The van der Waals surface area contributed by atoms with Gasteiger partial charge < -0.3 is 15.4 Å². The van der Waals surface area contributed by atoms with Gasteiger partial charge in [0.15, 0.2) is 0 Å². The van der Waals surface area contributed by atoms with E-state index in [9.17, 15) is 4.79 Å². The number of hydrogen-bond acceptors (Lipinski definition) is 3. The number of nitrogens with one attached hydrogen (secondary N) is 2. The van der Waals surface area contributed by atoms with Gasteiger partial charge >= 0.3 is 0 Å². The van der Waals surface area contributed by atoms with E-state index in [-0.39, 0.29) is 12.5 Å². The number of ether oxygens (including phenoxy) is 1. The summed E-state index contributed by atoms with van der Waals surface area (Å²) >= 11 is 12.0. The Hall–Kier alpha value is -2.69. The molecule has 0 spiro atoms. The molecule has 0 unspecified atom stereocenters. The van der Waals surface area contributed by atoms with Crippen LogP contribution in [0.25, 0.3) is 0 Å². The lowest BCUT2D eigenvalue weighted by atomic mass is 10.2. The Morgan fingerprint density at radius 2 is 1.64 bits per heavy atom. The Morgan fingerprint density at radius 1 is 0.893 bits per heavy atom. The number of carbonyl (C=O) groups excluding carboxylic acids is 1. The van der Waals surface area contributed by atoms with Crippen LogP contribution in [-0.2, 0) is 11.2 Å². The molecule has 3 aromatic carbocycles. The molecule has 3 rings (SSSR count). The van der Waals surface area contributed by atoms with Gasteiger partial charge in [0.05, 0.1) is 28.9 Å². The Kier molecular flexibility index (Phi) is 7.18. The van der Waals surface area contributed by atoms with Crippen molar-refractivity contribution in [3.63, 3.8) is 0 Å². The largest absolute Gasteiger partial charge is 0.493 e. The molecule has 0 fully saturated rings. The molecule has 0 heterocycles. The van der Waals surface area contributed by atoms with Gasteiger partial charge in [-0.2, -0.15) is 0 Å². The van der Waals surface area contributed by atoms with Gasteiger partial charge in [0.25, 0.3) is 0 Å². The Bertz CT molecular complexity index is 916. The number of benzene rings is 3. The third-order valence-electron chi connectivity index (χ3n) is 4.04. The molecule has 0 radical (unpaired) electrons. The molecule has 0 saturated heterocycles. The number of carbonyl (C=O) groups is 1. The normalized spacial score (nSPS) is 10.4. The van der Waals surface area contributed by atoms with E-state index in [2.05, 4.69) is 22.8 Å². The van der Waals surface area contributed by atoms with Crippen LogP contribution in [0.3, 0.4) is 0 Å². The molecule has 0 aliphatic rings. The topological polar surface area (TPSA) is 50.4 Å². The molecule has 0 aromatic heterocycles. The van der Waals surface area contributed by atoms with Crippen molar-refractivity contribution in [1.82, 2.24) is 0 Å². The quantitative estimate of drug-likeness (QED) is 0.499. The molecule has 0 aliphatic carbocycles. The minimum Gasteiger partial charge on any atom is -0.493 e. The van der Waals surface area contributed by atoms with E-state index in [0.717, 1.165) is 17.9 Å². The van der Waals surface area contributed by atoms with Crippen LogP contribution < -0.4 is 15.4 Å². The molecule has 0 atom stereocenters. The Labute approximate surface area is 174 Å². The van der Waals surface area contributed by atoms with Crippen LogP contribution in [0.2, 0.25) is 10.0 Å². The Balaban J connectivity index is 1.43. The molecule has 0 saturated carbocycles. The van der Waals surface area contributed by atoms with Gasteiger partial charge in [-0.3, -0.25) is 4.79 Å². The summed E-state index contributed by atoms with van der Waals surface area (Å²) in [5.74, 6) is 0.573. The minimum atomic E-state index is -0.215. The third-order valence-corrected chi connectivity index (χ3v) is 4.85. The van der Waals surface area contributed by atoms with E-state index in [1.807, 2.05) is 42.5 Å². The maximum absolute atomic E-state index is 12.1. The summed E-state index contributed by atoms with van der Waals surface area (Å²) in [5, 5.41) is 6.52. The van der Waals surface area contributed by atoms with Gasteiger partial charge in [0.1, 0.15) is 5.75 Å². The fourth-order valence-electron chi connectivity index (χ4n) is 2.58. The monoisotopic (exact) mass is 414 g/mol. The van der Waals surface area contributed by atoms with Crippen LogP contribution in [-0.4, -0.2) is 19.1 Å². The smallest absolute Gasteiger partial charge is 0.243 e. The summed E-state index contributed by atoms with van der Waals surface area (Å²) < 4.78 is 5.76. The summed E-state index contributed by atoms with van der Waals surface area (Å²) in [4.78, 5) is 12.1. The molecule has 1 amide bonds. The summed E-state index contributed by atoms with van der Waals surface area (Å²) in [6.45, 7) is 0.719. The van der Waals surface area contributed by atoms with Crippen molar-refractivity contribution in [2.45, 2.75) is 6.42 Å². The number of anilines is 2. The first-order valence-electron chi connectivity index (χ1n) is 8.86. The van der Waals surface area contributed by atoms with Crippen LogP contribution in [0.4, 0.5) is 11.4 Å². The standard InChI is InChI=1S/C22H20Cl2N2O2/c23-19-7-4-8-20(22(19)24)26-21(27)15-25-17-9-11-18(12-10-17)28-14-13-16-5-2-1-3-6-16/h1-12,25H,13-15H2,(H,26,27). The fraction of sp³-hybridized carbons (Fsp3) is 0.136. The zero-order valence-corrected chi connectivity index (χ0v) is 16.6. The number of halogens is 2. The highest BCUT2D eigenvalue weighted by molar-refractivity contribution is 6.44. The Morgan fingerprint density at radius 3 is 2.39 bits per heavy atom. The van der Waals surface area contributed by atoms with Crippen molar-refractivity contribution in [3.8, 4) is 5.75 Å². The predicted molar refractivity (Wildman–Crippen MR) is 116 cm³/mol. The lowest BCUT2D eigenvalue weighted by Crippen LogP contribution is -2.21. The maximum Gasteiger partial charge on any atom is 0.243 e. The molecule has 3 aromatic rings. The summed E-state index contributed by atoms with van der Waals surface area (Å²) in [5.41, 5.74) is 2.55. The van der Waals surface area contributed by atoms with Gasteiger partial charge in [-0.1, -0.05) is 59.6 Å². The highest BCUT2D eigenvalue weighted by Gasteiger charge is 2.08. The van der Waals surface area contributed by atoms with Crippen molar-refractivity contribution < 1.29 is 9.53 Å². The second-order valence-corrected chi connectivity index (χ2v) is 6.90. The molecule has 28 heavy (non-hydrogen) atoms. The second kappa shape index (κ2) is 10.0. The van der Waals surface area contributed by atoms with Crippen LogP contribution >= 0.6 is 23.2 Å². The average molecular weight is 415 g/mol. The average Bonchev–Trinajstić information content (AvgIpc) is 2.72. The molecule has 6 heteroatoms. The lowest BCUT2D eigenvalue weighted by molar-refractivity contribution is -0.114. The number of hydrogen-bond donors (Lipinski definition) is 2. The van der Waals surface area contributed by atoms with E-state index in [1.54, 1.807) is 18.2 Å². The van der Waals surface area contributed by atoms with Crippen LogP contribution in [0.5, 0.6) is 5.75 Å². The van der Waals surface area contributed by atoms with Crippen LogP contribution in [0.15, 0.2) is 72.8 Å². The van der Waals surface area contributed by atoms with E-state index >= 15 is 0 Å². The highest BCUT2D eigenvalue weighted by Crippen LogP contribution is 2.29. The van der Waals surface area contributed by atoms with Crippen molar-refractivity contribution in [2.24, 2.45) is 0 Å². The fourth-order valence-corrected chi connectivity index (χ4v) is 2.93.